The zero-order valence-corrected chi connectivity index (χ0v) is 14.6. The van der Waals surface area contributed by atoms with Gasteiger partial charge in [-0.3, -0.25) is 20.6 Å². The van der Waals surface area contributed by atoms with E-state index in [9.17, 15) is 18.0 Å². The van der Waals surface area contributed by atoms with Gasteiger partial charge in [-0.05, 0) is 18.2 Å². The second-order valence-electron chi connectivity index (χ2n) is 5.51. The standard InChI is InChI=1S/C18H12F3N7O/c1-2-12-7-13(9-14(8-12)18(19,20)21)17-24-11-28(27-17)6-3-16(29)26-25-15-10-22-4-5-23-15/h1,3-11H,(H,23,25)(H,26,29)/b6-3-. The molecule has 29 heavy (non-hydrogen) atoms. The van der Waals surface area contributed by atoms with Crippen LogP contribution < -0.4 is 10.9 Å². The number of carbonyl (C=O) groups is 1. The Morgan fingerprint density at radius 1 is 1.21 bits per heavy atom. The van der Waals surface area contributed by atoms with Crippen molar-refractivity contribution in [2.75, 3.05) is 5.43 Å². The third-order valence-electron chi connectivity index (χ3n) is 3.45. The molecule has 0 aliphatic rings. The Morgan fingerprint density at radius 3 is 2.72 bits per heavy atom. The van der Waals surface area contributed by atoms with Crippen molar-refractivity contribution in [3.63, 3.8) is 0 Å². The van der Waals surface area contributed by atoms with Crippen LogP contribution in [0.3, 0.4) is 0 Å². The number of nitrogens with zero attached hydrogens (tertiary/aromatic N) is 5. The summed E-state index contributed by atoms with van der Waals surface area (Å²) in [4.78, 5) is 23.5. The van der Waals surface area contributed by atoms with E-state index in [-0.39, 0.29) is 17.0 Å². The topological polar surface area (TPSA) is 97.6 Å². The number of nitrogens with one attached hydrogen (secondary N) is 2. The van der Waals surface area contributed by atoms with Gasteiger partial charge >= 0.3 is 6.18 Å². The summed E-state index contributed by atoms with van der Waals surface area (Å²) in [5.74, 6) is 2.01. The fourth-order valence-electron chi connectivity index (χ4n) is 2.16. The molecule has 2 N–H and O–H groups in total. The van der Waals surface area contributed by atoms with E-state index in [0.29, 0.717) is 5.82 Å². The van der Waals surface area contributed by atoms with Crippen LogP contribution in [-0.2, 0) is 11.0 Å². The highest BCUT2D eigenvalue weighted by molar-refractivity contribution is 5.90. The lowest BCUT2D eigenvalue weighted by atomic mass is 10.1. The molecule has 2 aromatic heterocycles. The fraction of sp³-hybridized carbons (Fsp3) is 0.0556. The van der Waals surface area contributed by atoms with Crippen molar-refractivity contribution in [1.82, 2.24) is 30.2 Å². The molecule has 0 fully saturated rings. The number of rotatable bonds is 5. The highest BCUT2D eigenvalue weighted by Gasteiger charge is 2.31. The lowest BCUT2D eigenvalue weighted by Gasteiger charge is -2.08. The molecule has 1 aromatic carbocycles. The minimum Gasteiger partial charge on any atom is -0.280 e. The van der Waals surface area contributed by atoms with Gasteiger partial charge in [0, 0.05) is 35.8 Å². The van der Waals surface area contributed by atoms with Crippen LogP contribution in [0.15, 0.2) is 49.2 Å². The van der Waals surface area contributed by atoms with Crippen molar-refractivity contribution < 1.29 is 18.0 Å². The molecule has 1 amide bonds. The van der Waals surface area contributed by atoms with Gasteiger partial charge in [0.15, 0.2) is 11.6 Å². The Labute approximate surface area is 162 Å². The normalized spacial score (nSPS) is 11.2. The quantitative estimate of drug-likeness (QED) is 0.388. The summed E-state index contributed by atoms with van der Waals surface area (Å²) in [7, 11) is 0. The zero-order chi connectivity index (χ0) is 20.9. The summed E-state index contributed by atoms with van der Waals surface area (Å²) in [5, 5.41) is 4.03. The molecule has 0 bridgehead atoms. The first kappa shape index (κ1) is 19.6. The largest absolute Gasteiger partial charge is 0.416 e. The molecule has 0 unspecified atom stereocenters. The van der Waals surface area contributed by atoms with Crippen molar-refractivity contribution >= 4 is 17.9 Å². The number of benzene rings is 1. The fourth-order valence-corrected chi connectivity index (χ4v) is 2.16. The SMILES string of the molecule is C#Cc1cc(-c2ncn(/C=C\C(=O)NNc3cnccn3)n2)cc(C(F)(F)F)c1. The number of halogens is 3. The van der Waals surface area contributed by atoms with Crippen LogP contribution in [0.4, 0.5) is 19.0 Å². The number of amides is 1. The van der Waals surface area contributed by atoms with Gasteiger partial charge in [-0.2, -0.15) is 13.2 Å². The summed E-state index contributed by atoms with van der Waals surface area (Å²) in [6.07, 6.45) is 8.67. The van der Waals surface area contributed by atoms with Crippen molar-refractivity contribution in [1.29, 1.82) is 0 Å². The number of anilines is 1. The number of carbonyl (C=O) groups excluding carboxylic acids is 1. The molecule has 2 heterocycles. The van der Waals surface area contributed by atoms with Gasteiger partial charge in [0.2, 0.25) is 0 Å². The highest BCUT2D eigenvalue weighted by Crippen LogP contribution is 2.32. The predicted octanol–water partition coefficient (Wildman–Crippen LogP) is 2.35. The monoisotopic (exact) mass is 399 g/mol. The summed E-state index contributed by atoms with van der Waals surface area (Å²) in [6, 6.07) is 3.15. The predicted molar refractivity (Wildman–Crippen MR) is 97.5 cm³/mol. The maximum absolute atomic E-state index is 13.0. The van der Waals surface area contributed by atoms with Gasteiger partial charge in [-0.25, -0.2) is 14.6 Å². The van der Waals surface area contributed by atoms with Crippen LogP contribution >= 0.6 is 0 Å². The number of hydrazine groups is 1. The Morgan fingerprint density at radius 2 is 2.03 bits per heavy atom. The highest BCUT2D eigenvalue weighted by atomic mass is 19.4. The molecule has 3 rings (SSSR count). The van der Waals surface area contributed by atoms with Crippen molar-refractivity contribution in [2.24, 2.45) is 0 Å². The molecule has 0 saturated heterocycles. The molecule has 146 valence electrons. The first-order chi connectivity index (χ1) is 13.8. The molecule has 8 nitrogen and oxygen atoms in total. The lowest BCUT2D eigenvalue weighted by Crippen LogP contribution is -2.28. The Balaban J connectivity index is 1.71. The van der Waals surface area contributed by atoms with E-state index in [1.165, 1.54) is 41.9 Å². The van der Waals surface area contributed by atoms with E-state index in [4.69, 9.17) is 6.42 Å². The average Bonchev–Trinajstić information content (AvgIpc) is 3.19. The Bertz CT molecular complexity index is 1080. The first-order valence-corrected chi connectivity index (χ1v) is 7.96. The molecule has 0 spiro atoms. The molecular formula is C18H12F3N7O. The van der Waals surface area contributed by atoms with Crippen LogP contribution in [0.25, 0.3) is 17.6 Å². The first-order valence-electron chi connectivity index (χ1n) is 7.96. The Hall–Kier alpha value is -4.20. The van der Waals surface area contributed by atoms with Crippen molar-refractivity contribution in [2.45, 2.75) is 6.18 Å². The zero-order valence-electron chi connectivity index (χ0n) is 14.6. The number of terminal acetylenes is 1. The van der Waals surface area contributed by atoms with Crippen LogP contribution in [0.2, 0.25) is 0 Å². The van der Waals surface area contributed by atoms with E-state index < -0.39 is 17.6 Å². The second kappa shape index (κ2) is 8.22. The van der Waals surface area contributed by atoms with Gasteiger partial charge in [0.25, 0.3) is 5.91 Å². The van der Waals surface area contributed by atoms with E-state index in [1.807, 2.05) is 0 Å². The summed E-state index contributed by atoms with van der Waals surface area (Å²) in [5.41, 5.74) is 4.17. The van der Waals surface area contributed by atoms with Crippen LogP contribution in [0, 0.1) is 12.3 Å². The third-order valence-corrected chi connectivity index (χ3v) is 3.45. The van der Waals surface area contributed by atoms with Crippen LogP contribution in [0.1, 0.15) is 11.1 Å². The molecule has 0 radical (unpaired) electrons. The van der Waals surface area contributed by atoms with Crippen LogP contribution in [0.5, 0.6) is 0 Å². The number of aromatic nitrogens is 5. The Kier molecular flexibility index (Phi) is 5.54. The number of hydrogen-bond donors (Lipinski definition) is 2. The molecule has 11 heteroatoms. The minimum atomic E-state index is -4.56. The molecule has 0 atom stereocenters. The maximum Gasteiger partial charge on any atom is 0.416 e. The van der Waals surface area contributed by atoms with E-state index in [2.05, 4.69) is 36.8 Å². The summed E-state index contributed by atoms with van der Waals surface area (Å²) < 4.78 is 40.3. The maximum atomic E-state index is 13.0. The summed E-state index contributed by atoms with van der Waals surface area (Å²) >= 11 is 0. The van der Waals surface area contributed by atoms with Gasteiger partial charge in [0.1, 0.15) is 6.33 Å². The minimum absolute atomic E-state index is 0.0235. The van der Waals surface area contributed by atoms with Crippen molar-refractivity contribution in [3.8, 4) is 23.7 Å². The molecular weight excluding hydrogens is 387 g/mol. The lowest BCUT2D eigenvalue weighted by molar-refractivity contribution is -0.137. The van der Waals surface area contributed by atoms with Gasteiger partial charge in [-0.15, -0.1) is 11.5 Å². The van der Waals surface area contributed by atoms with Gasteiger partial charge in [0.05, 0.1) is 11.8 Å². The van der Waals surface area contributed by atoms with E-state index in [1.54, 1.807) is 0 Å². The molecule has 0 aliphatic carbocycles. The molecule has 3 aromatic rings. The molecule has 0 aliphatic heterocycles. The second-order valence-corrected chi connectivity index (χ2v) is 5.51. The van der Waals surface area contributed by atoms with Gasteiger partial charge < -0.3 is 0 Å². The van der Waals surface area contributed by atoms with Gasteiger partial charge in [-0.1, -0.05) is 5.92 Å². The summed E-state index contributed by atoms with van der Waals surface area (Å²) in [6.45, 7) is 0. The number of hydrogen-bond acceptors (Lipinski definition) is 6. The van der Waals surface area contributed by atoms with Crippen molar-refractivity contribution in [3.05, 3.63) is 60.3 Å². The van der Waals surface area contributed by atoms with Crippen LogP contribution in [-0.4, -0.2) is 30.6 Å². The smallest absolute Gasteiger partial charge is 0.280 e. The average molecular weight is 399 g/mol. The third kappa shape index (κ3) is 5.16. The molecule has 0 saturated carbocycles. The van der Waals surface area contributed by atoms with E-state index in [0.717, 1.165) is 18.2 Å². The number of alkyl halides is 3. The van der Waals surface area contributed by atoms with E-state index >= 15 is 0 Å².